The number of rotatable bonds is 5. The number of amides is 1. The summed E-state index contributed by atoms with van der Waals surface area (Å²) >= 11 is 6.15. The molecule has 2 aromatic carbocycles. The van der Waals surface area contributed by atoms with Crippen LogP contribution in [-0.2, 0) is 0 Å². The Morgan fingerprint density at radius 2 is 1.81 bits per heavy atom. The van der Waals surface area contributed by atoms with Crippen molar-refractivity contribution in [2.75, 3.05) is 19.5 Å². The minimum Gasteiger partial charge on any atom is -0.494 e. The summed E-state index contributed by atoms with van der Waals surface area (Å²) in [5.74, 6) is 1.00. The van der Waals surface area contributed by atoms with Gasteiger partial charge in [-0.3, -0.25) is 4.79 Å². The number of hydrogen-bond donors (Lipinski definition) is 1. The van der Waals surface area contributed by atoms with Gasteiger partial charge in [0.15, 0.2) is 11.3 Å². The number of anilines is 1. The van der Waals surface area contributed by atoms with Crippen molar-refractivity contribution in [2.24, 2.45) is 4.99 Å². The highest BCUT2D eigenvalue weighted by atomic mass is 35.5. The first-order valence-corrected chi connectivity index (χ1v) is 10.1. The van der Waals surface area contributed by atoms with Crippen LogP contribution in [0.25, 0.3) is 11.0 Å². The summed E-state index contributed by atoms with van der Waals surface area (Å²) in [5, 5.41) is 3.95. The van der Waals surface area contributed by atoms with Gasteiger partial charge in [0.1, 0.15) is 22.8 Å². The van der Waals surface area contributed by atoms with Crippen LogP contribution in [0.5, 0.6) is 11.5 Å². The van der Waals surface area contributed by atoms with Gasteiger partial charge < -0.3 is 19.2 Å². The molecule has 4 aromatic rings. The van der Waals surface area contributed by atoms with Gasteiger partial charge in [-0.15, -0.1) is 0 Å². The van der Waals surface area contributed by atoms with Gasteiger partial charge in [0.05, 0.1) is 14.2 Å². The van der Waals surface area contributed by atoms with Crippen LogP contribution in [0, 0.1) is 6.92 Å². The van der Waals surface area contributed by atoms with E-state index in [0.717, 1.165) is 5.69 Å². The second kappa shape index (κ2) is 9.11. The fourth-order valence-corrected chi connectivity index (χ4v) is 3.35. The second-order valence-electron chi connectivity index (χ2n) is 6.89. The number of halogens is 1. The monoisotopic (exact) mass is 449 g/mol. The summed E-state index contributed by atoms with van der Waals surface area (Å²) in [6.45, 7) is 1.85. The third kappa shape index (κ3) is 4.43. The smallest absolute Gasteiger partial charge is 0.262 e. The zero-order chi connectivity index (χ0) is 22.7. The average Bonchev–Trinajstić information content (AvgIpc) is 2.78. The highest BCUT2D eigenvalue weighted by molar-refractivity contribution is 6.30. The predicted octanol–water partition coefficient (Wildman–Crippen LogP) is 5.29. The molecule has 1 amide bonds. The van der Waals surface area contributed by atoms with Gasteiger partial charge in [-0.05, 0) is 49.4 Å². The van der Waals surface area contributed by atoms with Crippen LogP contribution < -0.4 is 20.3 Å². The maximum absolute atomic E-state index is 13.2. The SMILES string of the molecule is COc1ccc(Cl)cc1N=c1oc2c(OC)cccc2cc1C(=O)Nc1cccc(C)n1. The van der Waals surface area contributed by atoms with Gasteiger partial charge in [0.2, 0.25) is 5.55 Å². The van der Waals surface area contributed by atoms with Crippen molar-refractivity contribution in [3.8, 4) is 11.5 Å². The quantitative estimate of drug-likeness (QED) is 0.447. The number of pyridine rings is 1. The van der Waals surface area contributed by atoms with Crippen molar-refractivity contribution >= 4 is 40.0 Å². The largest absolute Gasteiger partial charge is 0.494 e. The van der Waals surface area contributed by atoms with Crippen LogP contribution in [0.2, 0.25) is 5.02 Å². The first-order valence-electron chi connectivity index (χ1n) is 9.72. The highest BCUT2D eigenvalue weighted by Gasteiger charge is 2.16. The minimum absolute atomic E-state index is 0.0766. The molecule has 8 heteroatoms. The summed E-state index contributed by atoms with van der Waals surface area (Å²) in [6.07, 6.45) is 0. The molecule has 162 valence electrons. The molecule has 1 N–H and O–H groups in total. The van der Waals surface area contributed by atoms with Crippen molar-refractivity contribution in [3.63, 3.8) is 0 Å². The zero-order valence-corrected chi connectivity index (χ0v) is 18.4. The van der Waals surface area contributed by atoms with E-state index in [1.165, 1.54) is 7.11 Å². The fourth-order valence-electron chi connectivity index (χ4n) is 3.19. The molecule has 0 spiro atoms. The molecule has 0 saturated carbocycles. The molecular weight excluding hydrogens is 430 g/mol. The van der Waals surface area contributed by atoms with E-state index in [-0.39, 0.29) is 11.1 Å². The Morgan fingerprint density at radius 3 is 2.56 bits per heavy atom. The average molecular weight is 450 g/mol. The van der Waals surface area contributed by atoms with Crippen LogP contribution in [0.4, 0.5) is 11.5 Å². The van der Waals surface area contributed by atoms with Gasteiger partial charge in [0, 0.05) is 16.1 Å². The van der Waals surface area contributed by atoms with E-state index in [4.69, 9.17) is 25.5 Å². The van der Waals surface area contributed by atoms with Crippen molar-refractivity contribution in [3.05, 3.63) is 82.5 Å². The fraction of sp³-hybridized carbons (Fsp3) is 0.125. The lowest BCUT2D eigenvalue weighted by Gasteiger charge is -2.09. The summed E-state index contributed by atoms with van der Waals surface area (Å²) < 4.78 is 16.9. The Kier molecular flexibility index (Phi) is 6.09. The maximum atomic E-state index is 13.2. The number of aromatic nitrogens is 1. The molecule has 0 aliphatic carbocycles. The Morgan fingerprint density at radius 1 is 1.03 bits per heavy atom. The summed E-state index contributed by atoms with van der Waals surface area (Å²) in [6, 6.07) is 17.5. The van der Waals surface area contributed by atoms with Crippen LogP contribution in [0.3, 0.4) is 0 Å². The van der Waals surface area contributed by atoms with Crippen molar-refractivity contribution in [1.29, 1.82) is 0 Å². The number of para-hydroxylation sites is 1. The standard InChI is InChI=1S/C24H20ClN3O4/c1-14-6-4-9-21(26-14)28-23(29)17-12-15-7-5-8-20(31-3)22(15)32-24(17)27-18-13-16(25)10-11-19(18)30-2/h4-13H,1-3H3,(H,26,28,29). The molecule has 0 atom stereocenters. The molecule has 4 rings (SSSR count). The second-order valence-corrected chi connectivity index (χ2v) is 7.33. The summed E-state index contributed by atoms with van der Waals surface area (Å²) in [7, 11) is 3.07. The molecule has 32 heavy (non-hydrogen) atoms. The van der Waals surface area contributed by atoms with Crippen molar-refractivity contribution in [2.45, 2.75) is 6.92 Å². The Hall–Kier alpha value is -3.84. The molecule has 2 heterocycles. The molecule has 2 aromatic heterocycles. The number of carbonyl (C=O) groups is 1. The van der Waals surface area contributed by atoms with E-state index in [2.05, 4.69) is 15.3 Å². The summed E-state index contributed by atoms with van der Waals surface area (Å²) in [4.78, 5) is 22.1. The van der Waals surface area contributed by atoms with E-state index in [9.17, 15) is 4.79 Å². The number of benzene rings is 2. The topological polar surface area (TPSA) is 86.0 Å². The predicted molar refractivity (Wildman–Crippen MR) is 123 cm³/mol. The Labute approximate surface area is 189 Å². The Balaban J connectivity index is 1.93. The van der Waals surface area contributed by atoms with Gasteiger partial charge in [-0.1, -0.05) is 29.8 Å². The molecule has 0 radical (unpaired) electrons. The zero-order valence-electron chi connectivity index (χ0n) is 17.7. The van der Waals surface area contributed by atoms with Gasteiger partial charge in [-0.2, -0.15) is 0 Å². The first-order chi connectivity index (χ1) is 15.5. The lowest BCUT2D eigenvalue weighted by atomic mass is 10.1. The molecule has 0 aliphatic rings. The molecular formula is C24H20ClN3O4. The van der Waals surface area contributed by atoms with Crippen LogP contribution in [0.15, 0.2) is 70.1 Å². The highest BCUT2D eigenvalue weighted by Crippen LogP contribution is 2.31. The van der Waals surface area contributed by atoms with Crippen LogP contribution in [-0.4, -0.2) is 25.1 Å². The van der Waals surface area contributed by atoms with Crippen molar-refractivity contribution in [1.82, 2.24) is 4.98 Å². The molecule has 7 nitrogen and oxygen atoms in total. The molecule has 0 fully saturated rings. The van der Waals surface area contributed by atoms with E-state index >= 15 is 0 Å². The lowest BCUT2D eigenvalue weighted by Crippen LogP contribution is -2.22. The number of fused-ring (bicyclic) bond motifs is 1. The first kappa shape index (κ1) is 21.4. The molecule has 0 bridgehead atoms. The van der Waals surface area contributed by atoms with E-state index in [0.29, 0.717) is 39.0 Å². The number of nitrogens with one attached hydrogen (secondary N) is 1. The van der Waals surface area contributed by atoms with E-state index in [1.807, 2.05) is 31.2 Å². The minimum atomic E-state index is -0.420. The number of methoxy groups -OCH3 is 2. The number of carbonyl (C=O) groups excluding carboxylic acids is 1. The van der Waals surface area contributed by atoms with Gasteiger partial charge >= 0.3 is 0 Å². The molecule has 0 unspecified atom stereocenters. The van der Waals surface area contributed by atoms with Gasteiger partial charge in [0.25, 0.3) is 5.91 Å². The number of nitrogens with zero attached hydrogens (tertiary/aromatic N) is 2. The molecule has 0 saturated heterocycles. The number of aryl methyl sites for hydroxylation is 1. The maximum Gasteiger partial charge on any atom is 0.262 e. The van der Waals surface area contributed by atoms with E-state index in [1.54, 1.807) is 43.5 Å². The van der Waals surface area contributed by atoms with Crippen molar-refractivity contribution < 1.29 is 18.7 Å². The number of hydrogen-bond acceptors (Lipinski definition) is 6. The Bertz CT molecular complexity index is 1380. The number of ether oxygens (including phenoxy) is 2. The van der Waals surface area contributed by atoms with Crippen LogP contribution >= 0.6 is 11.6 Å². The third-order valence-electron chi connectivity index (χ3n) is 4.70. The van der Waals surface area contributed by atoms with Gasteiger partial charge in [-0.25, -0.2) is 9.98 Å². The summed E-state index contributed by atoms with van der Waals surface area (Å²) in [5.41, 5.74) is 1.95. The molecule has 0 aliphatic heterocycles. The normalized spacial score (nSPS) is 11.4. The third-order valence-corrected chi connectivity index (χ3v) is 4.93. The van der Waals surface area contributed by atoms with Crippen LogP contribution in [0.1, 0.15) is 16.1 Å². The van der Waals surface area contributed by atoms with E-state index < -0.39 is 5.91 Å². The lowest BCUT2D eigenvalue weighted by molar-refractivity contribution is 0.102.